The fraction of sp³-hybridized carbons (Fsp3) is 0.133. The number of carbonyl (C=O) groups excluding carboxylic acids is 1. The van der Waals surface area contributed by atoms with E-state index < -0.39 is 5.82 Å². The molecule has 0 saturated carbocycles. The molecule has 0 aliphatic heterocycles. The predicted octanol–water partition coefficient (Wildman–Crippen LogP) is 3.16. The number of carbonyl (C=O) groups is 1. The number of nitrogens with one attached hydrogen (secondary N) is 2. The summed E-state index contributed by atoms with van der Waals surface area (Å²) in [5, 5.41) is 5.33. The topological polar surface area (TPSA) is 50.4 Å². The Hall–Kier alpha value is -2.56. The summed E-state index contributed by atoms with van der Waals surface area (Å²) < 4.78 is 18.1. The molecule has 104 valence electrons. The number of halogens is 1. The molecular formula is C15H15FN2O2. The molecule has 20 heavy (non-hydrogen) atoms. The number of anilines is 1. The largest absolute Gasteiger partial charge is 0.494 e. The number of rotatable bonds is 4. The van der Waals surface area contributed by atoms with Gasteiger partial charge < -0.3 is 15.4 Å². The van der Waals surface area contributed by atoms with Crippen LogP contribution in [-0.4, -0.2) is 13.1 Å². The van der Waals surface area contributed by atoms with Gasteiger partial charge in [-0.1, -0.05) is 30.3 Å². The molecule has 2 rings (SSSR count). The van der Waals surface area contributed by atoms with Crippen LogP contribution in [0.15, 0.2) is 48.5 Å². The summed E-state index contributed by atoms with van der Waals surface area (Å²) in [6.07, 6.45) is 0. The molecule has 0 atom stereocenters. The number of ether oxygens (including phenoxy) is 1. The van der Waals surface area contributed by atoms with E-state index in [2.05, 4.69) is 10.6 Å². The number of benzene rings is 2. The molecule has 0 heterocycles. The number of hydrogen-bond donors (Lipinski definition) is 2. The van der Waals surface area contributed by atoms with Gasteiger partial charge in [-0.05, 0) is 17.7 Å². The molecule has 2 amide bonds. The molecule has 4 nitrogen and oxygen atoms in total. The van der Waals surface area contributed by atoms with Crippen molar-refractivity contribution in [2.75, 3.05) is 12.4 Å². The van der Waals surface area contributed by atoms with Crippen molar-refractivity contribution in [1.29, 1.82) is 0 Å². The Labute approximate surface area is 116 Å². The first kappa shape index (κ1) is 13.9. The van der Waals surface area contributed by atoms with Crippen LogP contribution in [0.2, 0.25) is 0 Å². The van der Waals surface area contributed by atoms with Crippen molar-refractivity contribution < 1.29 is 13.9 Å². The Kier molecular flexibility index (Phi) is 4.55. The van der Waals surface area contributed by atoms with Gasteiger partial charge in [0.1, 0.15) is 0 Å². The minimum Gasteiger partial charge on any atom is -0.494 e. The van der Waals surface area contributed by atoms with E-state index in [1.54, 1.807) is 0 Å². The number of methoxy groups -OCH3 is 1. The monoisotopic (exact) mass is 274 g/mol. The zero-order chi connectivity index (χ0) is 14.4. The second-order valence-corrected chi connectivity index (χ2v) is 4.14. The maximum absolute atomic E-state index is 13.2. The molecule has 0 aromatic heterocycles. The number of urea groups is 1. The molecule has 0 bridgehead atoms. The number of hydrogen-bond acceptors (Lipinski definition) is 2. The van der Waals surface area contributed by atoms with Crippen LogP contribution in [0, 0.1) is 5.82 Å². The molecule has 2 aromatic carbocycles. The van der Waals surface area contributed by atoms with E-state index in [0.29, 0.717) is 12.2 Å². The summed E-state index contributed by atoms with van der Waals surface area (Å²) >= 11 is 0. The van der Waals surface area contributed by atoms with Crippen LogP contribution >= 0.6 is 0 Å². The highest BCUT2D eigenvalue weighted by atomic mass is 19.1. The second-order valence-electron chi connectivity index (χ2n) is 4.14. The molecule has 5 heteroatoms. The summed E-state index contributed by atoms with van der Waals surface area (Å²) in [7, 11) is 1.37. The first-order chi connectivity index (χ1) is 9.69. The van der Waals surface area contributed by atoms with Crippen LogP contribution in [0.4, 0.5) is 14.9 Å². The lowest BCUT2D eigenvalue weighted by atomic mass is 10.2. The van der Waals surface area contributed by atoms with Gasteiger partial charge in [0.25, 0.3) is 0 Å². The zero-order valence-electron chi connectivity index (χ0n) is 11.0. The van der Waals surface area contributed by atoms with Crippen molar-refractivity contribution in [3.63, 3.8) is 0 Å². The van der Waals surface area contributed by atoms with Gasteiger partial charge >= 0.3 is 6.03 Å². The van der Waals surface area contributed by atoms with Gasteiger partial charge in [0, 0.05) is 18.3 Å². The van der Waals surface area contributed by atoms with Crippen molar-refractivity contribution in [2.45, 2.75) is 6.54 Å². The lowest BCUT2D eigenvalue weighted by Crippen LogP contribution is -2.28. The predicted molar refractivity (Wildman–Crippen MR) is 75.3 cm³/mol. The fourth-order valence-electron chi connectivity index (χ4n) is 1.69. The SMILES string of the molecule is COc1cc(NC(=O)NCc2ccccc2)ccc1F. The van der Waals surface area contributed by atoms with Gasteiger partial charge in [-0.3, -0.25) is 0 Å². The highest BCUT2D eigenvalue weighted by Crippen LogP contribution is 2.21. The second kappa shape index (κ2) is 6.56. The van der Waals surface area contributed by atoms with E-state index >= 15 is 0 Å². The Morgan fingerprint density at radius 3 is 2.65 bits per heavy atom. The quantitative estimate of drug-likeness (QED) is 0.899. The van der Waals surface area contributed by atoms with Crippen molar-refractivity contribution in [2.24, 2.45) is 0 Å². The molecular weight excluding hydrogens is 259 g/mol. The minimum atomic E-state index is -0.470. The van der Waals surface area contributed by atoms with Crippen LogP contribution in [0.5, 0.6) is 5.75 Å². The summed E-state index contributed by atoms with van der Waals surface area (Å²) in [5.41, 5.74) is 1.47. The molecule has 0 saturated heterocycles. The first-order valence-electron chi connectivity index (χ1n) is 6.11. The maximum Gasteiger partial charge on any atom is 0.319 e. The Balaban J connectivity index is 1.91. The number of amides is 2. The van der Waals surface area contributed by atoms with E-state index in [1.165, 1.54) is 25.3 Å². The molecule has 0 aliphatic carbocycles. The third-order valence-corrected chi connectivity index (χ3v) is 2.70. The third-order valence-electron chi connectivity index (χ3n) is 2.70. The molecule has 0 fully saturated rings. The highest BCUT2D eigenvalue weighted by Gasteiger charge is 2.06. The minimum absolute atomic E-state index is 0.0888. The van der Waals surface area contributed by atoms with Crippen molar-refractivity contribution in [3.05, 3.63) is 59.9 Å². The molecule has 0 aliphatic rings. The van der Waals surface area contributed by atoms with E-state index in [1.807, 2.05) is 30.3 Å². The summed E-state index contributed by atoms with van der Waals surface area (Å²) in [5.74, 6) is -0.381. The van der Waals surface area contributed by atoms with Gasteiger partial charge in [-0.25, -0.2) is 9.18 Å². The van der Waals surface area contributed by atoms with Crippen LogP contribution < -0.4 is 15.4 Å². The Bertz CT molecular complexity index is 588. The standard InChI is InChI=1S/C15H15FN2O2/c1-20-14-9-12(7-8-13(14)16)18-15(19)17-10-11-5-3-2-4-6-11/h2-9H,10H2,1H3,(H2,17,18,19). The zero-order valence-corrected chi connectivity index (χ0v) is 11.0. The smallest absolute Gasteiger partial charge is 0.319 e. The average Bonchev–Trinajstić information content (AvgIpc) is 2.48. The van der Waals surface area contributed by atoms with Gasteiger partial charge in [0.05, 0.1) is 7.11 Å². The third kappa shape index (κ3) is 3.71. The Morgan fingerprint density at radius 1 is 1.20 bits per heavy atom. The maximum atomic E-state index is 13.2. The van der Waals surface area contributed by atoms with Crippen LogP contribution in [0.3, 0.4) is 0 Å². The van der Waals surface area contributed by atoms with E-state index in [-0.39, 0.29) is 11.8 Å². The van der Waals surface area contributed by atoms with Crippen LogP contribution in [0.1, 0.15) is 5.56 Å². The highest BCUT2D eigenvalue weighted by molar-refractivity contribution is 5.89. The van der Waals surface area contributed by atoms with Crippen molar-refractivity contribution >= 4 is 11.7 Å². The van der Waals surface area contributed by atoms with Crippen LogP contribution in [0.25, 0.3) is 0 Å². The van der Waals surface area contributed by atoms with Gasteiger partial charge in [0.2, 0.25) is 0 Å². The molecule has 0 spiro atoms. The molecule has 0 radical (unpaired) electrons. The van der Waals surface area contributed by atoms with Gasteiger partial charge in [0.15, 0.2) is 11.6 Å². The van der Waals surface area contributed by atoms with Crippen LogP contribution in [-0.2, 0) is 6.54 Å². The molecule has 2 N–H and O–H groups in total. The average molecular weight is 274 g/mol. The lowest BCUT2D eigenvalue weighted by Gasteiger charge is -2.09. The van der Waals surface area contributed by atoms with Crippen molar-refractivity contribution in [1.82, 2.24) is 5.32 Å². The van der Waals surface area contributed by atoms with Gasteiger partial charge in [-0.2, -0.15) is 0 Å². The summed E-state index contributed by atoms with van der Waals surface area (Å²) in [6.45, 7) is 0.422. The summed E-state index contributed by atoms with van der Waals surface area (Å²) in [6, 6.07) is 13.3. The molecule has 2 aromatic rings. The fourth-order valence-corrected chi connectivity index (χ4v) is 1.69. The van der Waals surface area contributed by atoms with Gasteiger partial charge in [-0.15, -0.1) is 0 Å². The van der Waals surface area contributed by atoms with E-state index in [9.17, 15) is 9.18 Å². The Morgan fingerprint density at radius 2 is 1.95 bits per heavy atom. The van der Waals surface area contributed by atoms with E-state index in [4.69, 9.17) is 4.74 Å². The first-order valence-corrected chi connectivity index (χ1v) is 6.11. The van der Waals surface area contributed by atoms with Crippen molar-refractivity contribution in [3.8, 4) is 5.75 Å². The lowest BCUT2D eigenvalue weighted by molar-refractivity contribution is 0.251. The normalized spacial score (nSPS) is 9.90. The molecule has 0 unspecified atom stereocenters. The van der Waals surface area contributed by atoms with E-state index in [0.717, 1.165) is 5.56 Å². The summed E-state index contributed by atoms with van der Waals surface area (Å²) in [4.78, 5) is 11.7.